The summed E-state index contributed by atoms with van der Waals surface area (Å²) in [5.41, 5.74) is 0. The van der Waals surface area contributed by atoms with Gasteiger partial charge in [-0.15, -0.1) is 0 Å². The zero-order valence-corrected chi connectivity index (χ0v) is 15.0. The van der Waals surface area contributed by atoms with Crippen LogP contribution in [0.3, 0.4) is 0 Å². The first kappa shape index (κ1) is 15.2. The minimum atomic E-state index is -1.98. The normalized spacial score (nSPS) is 10.1. The van der Waals surface area contributed by atoms with Gasteiger partial charge in [0.2, 0.25) is 0 Å². The molecule has 0 saturated carbocycles. The summed E-state index contributed by atoms with van der Waals surface area (Å²) in [5, 5.41) is 0. The van der Waals surface area contributed by atoms with Gasteiger partial charge in [-0.25, -0.2) is 0 Å². The number of rotatable bonds is 3. The Balaban J connectivity index is 0.00000147. The Kier molecular flexibility index (Phi) is 5.74. The van der Waals surface area contributed by atoms with Crippen LogP contribution in [0.1, 0.15) is 0 Å². The Labute approximate surface area is 134 Å². The quantitative estimate of drug-likeness (QED) is 0.609. The van der Waals surface area contributed by atoms with Gasteiger partial charge in [0.15, 0.2) is 0 Å². The van der Waals surface area contributed by atoms with Crippen LogP contribution < -0.4 is 10.7 Å². The van der Waals surface area contributed by atoms with Crippen LogP contribution in [0, 0.1) is 0 Å². The summed E-state index contributed by atoms with van der Waals surface area (Å²) in [6.07, 6.45) is 0. The maximum absolute atomic E-state index is 2.29. The first-order chi connectivity index (χ1) is 9.45. The summed E-state index contributed by atoms with van der Waals surface area (Å²) < 4.78 is 4.59. The predicted octanol–water partition coefficient (Wildman–Crippen LogP) is 2.32. The van der Waals surface area contributed by atoms with Crippen LogP contribution in [0.25, 0.3) is 0 Å². The molecule has 0 amide bonds. The zero-order valence-electron chi connectivity index (χ0n) is 11.2. The molecule has 0 nitrogen and oxygen atoms in total. The molecule has 1 radical (unpaired) electrons. The van der Waals surface area contributed by atoms with E-state index in [0.29, 0.717) is 0 Å². The molecule has 0 heterocycles. The molecule has 0 N–H and O–H groups in total. The minimum absolute atomic E-state index is 0. The van der Waals surface area contributed by atoms with Crippen molar-refractivity contribution in [2.75, 3.05) is 0 Å². The zero-order chi connectivity index (χ0) is 12.9. The summed E-state index contributed by atoms with van der Waals surface area (Å²) in [6.45, 7) is 0. The Morgan fingerprint density at radius 3 is 0.900 bits per heavy atom. The van der Waals surface area contributed by atoms with E-state index in [-0.39, 0.29) is 13.5 Å². The third-order valence-corrected chi connectivity index (χ3v) is 11.0. The fraction of sp³-hybridized carbons (Fsp3) is 0. The second kappa shape index (κ2) is 7.55. The van der Waals surface area contributed by atoms with Gasteiger partial charge in [0.1, 0.15) is 0 Å². The number of hydrogen-bond donors (Lipinski definition) is 0. The second-order valence-corrected chi connectivity index (χ2v) is 11.6. The van der Waals surface area contributed by atoms with E-state index in [9.17, 15) is 0 Å². The van der Waals surface area contributed by atoms with Crippen molar-refractivity contribution in [3.8, 4) is 0 Å². The topological polar surface area (TPSA) is 0 Å². The van der Waals surface area contributed by atoms with Crippen LogP contribution >= 0.6 is 13.5 Å². The van der Waals surface area contributed by atoms with Crippen LogP contribution in [0.2, 0.25) is 0 Å². The Morgan fingerprint density at radius 1 is 0.400 bits per heavy atom. The van der Waals surface area contributed by atoms with E-state index >= 15 is 0 Å². The third kappa shape index (κ3) is 3.47. The molecular formula is C18H17SSn. The first-order valence-electron chi connectivity index (χ1n) is 6.48. The maximum atomic E-state index is 2.29. The van der Waals surface area contributed by atoms with Gasteiger partial charge in [-0.1, -0.05) is 0 Å². The van der Waals surface area contributed by atoms with Crippen molar-refractivity contribution in [1.82, 2.24) is 0 Å². The van der Waals surface area contributed by atoms with E-state index in [1.807, 2.05) is 0 Å². The molecule has 0 aliphatic carbocycles. The molecule has 0 aliphatic rings. The van der Waals surface area contributed by atoms with Crippen LogP contribution in [-0.4, -0.2) is 19.8 Å². The van der Waals surface area contributed by atoms with E-state index in [1.165, 1.54) is 10.7 Å². The molecule has 0 fully saturated rings. The van der Waals surface area contributed by atoms with E-state index in [0.717, 1.165) is 0 Å². The molecule has 3 rings (SSSR count). The van der Waals surface area contributed by atoms with Crippen LogP contribution in [0.5, 0.6) is 0 Å². The van der Waals surface area contributed by atoms with Crippen molar-refractivity contribution in [3.05, 3.63) is 91.0 Å². The molecule has 0 spiro atoms. The monoisotopic (exact) mass is 385 g/mol. The van der Waals surface area contributed by atoms with Crippen LogP contribution in [0.15, 0.2) is 91.0 Å². The third-order valence-electron chi connectivity index (χ3n) is 3.19. The molecular weight excluding hydrogens is 367 g/mol. The van der Waals surface area contributed by atoms with Crippen molar-refractivity contribution in [2.24, 2.45) is 0 Å². The Hall–Kier alpha value is -1.19. The van der Waals surface area contributed by atoms with E-state index in [2.05, 4.69) is 91.0 Å². The van der Waals surface area contributed by atoms with Crippen LogP contribution in [0.4, 0.5) is 0 Å². The molecule has 0 aromatic heterocycles. The summed E-state index contributed by atoms with van der Waals surface area (Å²) >= 11 is -1.98. The van der Waals surface area contributed by atoms with Crippen molar-refractivity contribution < 1.29 is 0 Å². The summed E-state index contributed by atoms with van der Waals surface area (Å²) in [7, 11) is 0. The fourth-order valence-corrected chi connectivity index (χ4v) is 9.67. The van der Waals surface area contributed by atoms with Gasteiger partial charge in [-0.3, -0.25) is 0 Å². The van der Waals surface area contributed by atoms with Crippen molar-refractivity contribution in [1.29, 1.82) is 0 Å². The molecule has 0 aliphatic heterocycles. The molecule has 99 valence electrons. The molecule has 0 saturated heterocycles. The molecule has 0 bridgehead atoms. The summed E-state index contributed by atoms with van der Waals surface area (Å²) in [6, 6.07) is 32.9. The van der Waals surface area contributed by atoms with Gasteiger partial charge in [-0.05, 0) is 0 Å². The summed E-state index contributed by atoms with van der Waals surface area (Å²) in [5.74, 6) is 0. The van der Waals surface area contributed by atoms with Crippen LogP contribution in [-0.2, 0) is 0 Å². The van der Waals surface area contributed by atoms with Gasteiger partial charge in [0.05, 0.1) is 0 Å². The van der Waals surface area contributed by atoms with Gasteiger partial charge in [0.25, 0.3) is 0 Å². The number of benzene rings is 3. The predicted molar refractivity (Wildman–Crippen MR) is 94.4 cm³/mol. The standard InChI is InChI=1S/3C6H5.H2S.Sn/c3*1-2-4-6-5-3-1;;/h3*1-5H;1H2;. The van der Waals surface area contributed by atoms with Gasteiger partial charge >= 0.3 is 121 Å². The van der Waals surface area contributed by atoms with E-state index < -0.39 is 19.8 Å². The number of hydrogen-bond acceptors (Lipinski definition) is 0. The molecule has 3 aromatic rings. The van der Waals surface area contributed by atoms with Gasteiger partial charge < -0.3 is 0 Å². The molecule has 3 aromatic carbocycles. The van der Waals surface area contributed by atoms with Gasteiger partial charge in [-0.2, -0.15) is 13.5 Å². The molecule has 2 heteroatoms. The second-order valence-electron chi connectivity index (χ2n) is 4.47. The van der Waals surface area contributed by atoms with Crippen molar-refractivity contribution in [3.63, 3.8) is 0 Å². The molecule has 20 heavy (non-hydrogen) atoms. The first-order valence-corrected chi connectivity index (χ1v) is 10.8. The summed E-state index contributed by atoms with van der Waals surface area (Å²) in [4.78, 5) is 0. The van der Waals surface area contributed by atoms with Crippen molar-refractivity contribution >= 4 is 44.0 Å². The Bertz CT molecular complexity index is 529. The van der Waals surface area contributed by atoms with Crippen molar-refractivity contribution in [2.45, 2.75) is 0 Å². The van der Waals surface area contributed by atoms with E-state index in [1.54, 1.807) is 0 Å². The van der Waals surface area contributed by atoms with E-state index in [4.69, 9.17) is 0 Å². The average Bonchev–Trinajstić information content (AvgIpc) is 2.51. The fourth-order valence-electron chi connectivity index (χ4n) is 2.31. The SMILES string of the molecule is S.c1cc[c]([Sn]([c]2ccccc2)[c]2ccccc2)cc1. The average molecular weight is 384 g/mol. The van der Waals surface area contributed by atoms with Gasteiger partial charge in [0, 0.05) is 0 Å². The molecule has 0 unspecified atom stereocenters. The Morgan fingerprint density at radius 2 is 0.650 bits per heavy atom. The molecule has 0 atom stereocenters.